The van der Waals surface area contributed by atoms with Crippen LogP contribution in [0, 0.1) is 0 Å². The lowest BCUT2D eigenvalue weighted by Gasteiger charge is -1.98. The highest BCUT2D eigenvalue weighted by Crippen LogP contribution is 2.47. The Morgan fingerprint density at radius 3 is 2.42 bits per heavy atom. The van der Waals surface area contributed by atoms with Crippen LogP contribution in [-0.2, 0) is 0 Å². The van der Waals surface area contributed by atoms with Crippen LogP contribution in [0.5, 0.6) is 0 Å². The lowest BCUT2D eigenvalue weighted by Crippen LogP contribution is -1.92. The summed E-state index contributed by atoms with van der Waals surface area (Å²) in [6.07, 6.45) is 0.929. The molecule has 0 saturated heterocycles. The van der Waals surface area contributed by atoms with Crippen molar-refractivity contribution in [3.05, 3.63) is 40.9 Å². The first-order valence-electron chi connectivity index (χ1n) is 3.47. The van der Waals surface area contributed by atoms with Gasteiger partial charge in [-0.05, 0) is 23.8 Å². The van der Waals surface area contributed by atoms with Crippen LogP contribution < -0.4 is 0 Å². The molecule has 0 radical (unpaired) electrons. The molecule has 1 aromatic carbocycles. The lowest BCUT2D eigenvalue weighted by atomic mass is 10.2. The van der Waals surface area contributed by atoms with E-state index < -0.39 is 5.92 Å². The number of alkyl halides is 2. The number of halogens is 3. The fourth-order valence-electron chi connectivity index (χ4n) is 1.08. The van der Waals surface area contributed by atoms with Gasteiger partial charge in [-0.15, -0.1) is 0 Å². The van der Waals surface area contributed by atoms with Crippen LogP contribution in [0.2, 0.25) is 5.02 Å². The smallest absolute Gasteiger partial charge is 0.196 e. The molecule has 0 atom stereocenters. The summed E-state index contributed by atoms with van der Waals surface area (Å²) < 4.78 is 25.0. The van der Waals surface area contributed by atoms with Crippen molar-refractivity contribution < 1.29 is 8.78 Å². The molecule has 0 aliphatic heterocycles. The molecule has 2 rings (SSSR count). The van der Waals surface area contributed by atoms with E-state index in [0.29, 0.717) is 10.6 Å². The molecule has 12 heavy (non-hydrogen) atoms. The molecule has 0 bridgehead atoms. The van der Waals surface area contributed by atoms with E-state index in [1.165, 1.54) is 6.07 Å². The molecule has 0 spiro atoms. The van der Waals surface area contributed by atoms with Crippen LogP contribution in [0.25, 0.3) is 5.57 Å². The fourth-order valence-corrected chi connectivity index (χ4v) is 1.27. The van der Waals surface area contributed by atoms with E-state index in [-0.39, 0.29) is 5.57 Å². The third-order valence-electron chi connectivity index (χ3n) is 1.74. The Labute approximate surface area is 73.5 Å². The third kappa shape index (κ3) is 1.23. The number of rotatable bonds is 1. The van der Waals surface area contributed by atoms with Crippen molar-refractivity contribution in [1.82, 2.24) is 0 Å². The summed E-state index contributed by atoms with van der Waals surface area (Å²) in [5.74, 6) is -2.70. The molecule has 0 heterocycles. The average molecular weight is 187 g/mol. The van der Waals surface area contributed by atoms with Crippen LogP contribution >= 0.6 is 11.6 Å². The molecule has 62 valence electrons. The van der Waals surface area contributed by atoms with Crippen LogP contribution in [0.3, 0.4) is 0 Å². The Balaban J connectivity index is 2.32. The topological polar surface area (TPSA) is 0 Å². The minimum absolute atomic E-state index is 0.0741. The molecule has 0 saturated carbocycles. The summed E-state index contributed by atoms with van der Waals surface area (Å²) in [5, 5.41) is 0.483. The molecule has 3 heteroatoms. The number of allylic oxidation sites excluding steroid dienone is 2. The molecule has 0 N–H and O–H groups in total. The van der Waals surface area contributed by atoms with Crippen molar-refractivity contribution in [3.8, 4) is 0 Å². The van der Waals surface area contributed by atoms with Gasteiger partial charge in [0.05, 0.1) is 0 Å². The maximum Gasteiger partial charge on any atom is 0.293 e. The summed E-state index contributed by atoms with van der Waals surface area (Å²) in [6.45, 7) is 0. The zero-order valence-corrected chi connectivity index (χ0v) is 6.78. The Kier molecular flexibility index (Phi) is 1.48. The summed E-state index contributed by atoms with van der Waals surface area (Å²) in [6, 6.07) is 6.48. The van der Waals surface area contributed by atoms with Crippen LogP contribution in [0.15, 0.2) is 30.3 Å². The zero-order chi connectivity index (χ0) is 8.77. The minimum Gasteiger partial charge on any atom is -0.196 e. The van der Waals surface area contributed by atoms with Gasteiger partial charge in [-0.1, -0.05) is 23.7 Å². The molecule has 1 aliphatic carbocycles. The first kappa shape index (κ1) is 7.74. The summed E-state index contributed by atoms with van der Waals surface area (Å²) in [5.41, 5.74) is 0.581. The Hall–Kier alpha value is -0.890. The van der Waals surface area contributed by atoms with Gasteiger partial charge in [0.2, 0.25) is 0 Å². The van der Waals surface area contributed by atoms with Gasteiger partial charge in [0.15, 0.2) is 0 Å². The van der Waals surface area contributed by atoms with E-state index in [2.05, 4.69) is 0 Å². The molecular formula is C9H5ClF2. The van der Waals surface area contributed by atoms with Crippen LogP contribution in [-0.4, -0.2) is 5.92 Å². The van der Waals surface area contributed by atoms with Gasteiger partial charge in [0, 0.05) is 10.6 Å². The second kappa shape index (κ2) is 2.30. The molecule has 0 unspecified atom stereocenters. The van der Waals surface area contributed by atoms with Crippen LogP contribution in [0.1, 0.15) is 5.56 Å². The van der Waals surface area contributed by atoms with Gasteiger partial charge in [-0.25, -0.2) is 0 Å². The monoisotopic (exact) mass is 186 g/mol. The largest absolute Gasteiger partial charge is 0.293 e. The second-order valence-corrected chi connectivity index (χ2v) is 3.13. The Bertz CT molecular complexity index is 355. The molecule has 1 aliphatic rings. The number of benzene rings is 1. The maximum atomic E-state index is 12.5. The number of hydrogen-bond donors (Lipinski definition) is 0. The van der Waals surface area contributed by atoms with Gasteiger partial charge in [-0.2, -0.15) is 8.78 Å². The van der Waals surface area contributed by atoms with Crippen molar-refractivity contribution >= 4 is 17.2 Å². The molecule has 0 amide bonds. The maximum absolute atomic E-state index is 12.5. The van der Waals surface area contributed by atoms with Gasteiger partial charge in [0.1, 0.15) is 0 Å². The zero-order valence-electron chi connectivity index (χ0n) is 6.02. The van der Waals surface area contributed by atoms with Gasteiger partial charge in [-0.3, -0.25) is 0 Å². The first-order valence-corrected chi connectivity index (χ1v) is 3.84. The molecule has 0 nitrogen and oxygen atoms in total. The van der Waals surface area contributed by atoms with Crippen molar-refractivity contribution in [2.75, 3.05) is 0 Å². The highest BCUT2D eigenvalue weighted by atomic mass is 35.5. The number of hydrogen-bond acceptors (Lipinski definition) is 0. The van der Waals surface area contributed by atoms with E-state index in [1.807, 2.05) is 0 Å². The van der Waals surface area contributed by atoms with Gasteiger partial charge in [0.25, 0.3) is 5.92 Å². The standard InChI is InChI=1S/C9H5ClF2/c10-7-3-1-2-6(4-7)8-5-9(8,11)12/h1-5H. The lowest BCUT2D eigenvalue weighted by molar-refractivity contribution is 0.159. The summed E-state index contributed by atoms with van der Waals surface area (Å²) >= 11 is 5.64. The minimum atomic E-state index is -2.70. The quantitative estimate of drug-likeness (QED) is 0.631. The summed E-state index contributed by atoms with van der Waals surface area (Å²) in [7, 11) is 0. The van der Waals surface area contributed by atoms with Gasteiger partial charge >= 0.3 is 0 Å². The Morgan fingerprint density at radius 1 is 1.25 bits per heavy atom. The van der Waals surface area contributed by atoms with Crippen molar-refractivity contribution in [1.29, 1.82) is 0 Å². The predicted octanol–water partition coefficient (Wildman–Crippen LogP) is 3.37. The van der Waals surface area contributed by atoms with E-state index in [4.69, 9.17) is 11.6 Å². The van der Waals surface area contributed by atoms with E-state index in [1.54, 1.807) is 18.2 Å². The molecule has 0 aromatic heterocycles. The molecule has 0 fully saturated rings. The van der Waals surface area contributed by atoms with E-state index in [9.17, 15) is 8.78 Å². The van der Waals surface area contributed by atoms with Crippen LogP contribution in [0.4, 0.5) is 8.78 Å². The van der Waals surface area contributed by atoms with Crippen molar-refractivity contribution in [2.45, 2.75) is 5.92 Å². The van der Waals surface area contributed by atoms with Gasteiger partial charge < -0.3 is 0 Å². The normalized spacial score (nSPS) is 18.8. The SMILES string of the molecule is FC1(F)C=C1c1cccc(Cl)c1. The molecular weight excluding hydrogens is 182 g/mol. The fraction of sp³-hybridized carbons (Fsp3) is 0.111. The first-order chi connectivity index (χ1) is 5.59. The van der Waals surface area contributed by atoms with Crippen molar-refractivity contribution in [3.63, 3.8) is 0 Å². The Morgan fingerprint density at radius 2 is 1.92 bits per heavy atom. The predicted molar refractivity (Wildman–Crippen MR) is 44.4 cm³/mol. The highest BCUT2D eigenvalue weighted by Gasteiger charge is 2.45. The average Bonchev–Trinajstić information content (AvgIpc) is 2.60. The summed E-state index contributed by atoms with van der Waals surface area (Å²) in [4.78, 5) is 0. The van der Waals surface area contributed by atoms with Crippen molar-refractivity contribution in [2.24, 2.45) is 0 Å². The van der Waals surface area contributed by atoms with E-state index >= 15 is 0 Å². The third-order valence-corrected chi connectivity index (χ3v) is 1.97. The highest BCUT2D eigenvalue weighted by molar-refractivity contribution is 6.30. The van der Waals surface area contributed by atoms with E-state index in [0.717, 1.165) is 6.08 Å². The second-order valence-electron chi connectivity index (χ2n) is 2.69. The molecule has 1 aromatic rings.